The number of halogens is 2. The number of nitrogens with zero attached hydrogens (tertiary/aromatic N) is 2. The first-order valence-electron chi connectivity index (χ1n) is 32.7. The summed E-state index contributed by atoms with van der Waals surface area (Å²) in [5.41, 5.74) is 19.8. The van der Waals surface area contributed by atoms with Crippen molar-refractivity contribution in [3.8, 4) is 44.9 Å². The molecule has 12 aromatic carbocycles. The highest BCUT2D eigenvalue weighted by Gasteiger charge is 2.49. The molecule has 12 aromatic rings. The second kappa shape index (κ2) is 23.9. The Balaban J connectivity index is 0.750. The zero-order valence-electron chi connectivity index (χ0n) is 52.7. The summed E-state index contributed by atoms with van der Waals surface area (Å²) in [6, 6.07) is 101. The van der Waals surface area contributed by atoms with Gasteiger partial charge in [0.05, 0.1) is 61.3 Å². The molecule has 0 aromatic heterocycles. The van der Waals surface area contributed by atoms with Gasteiger partial charge >= 0.3 is 0 Å². The topological polar surface area (TPSA) is 43.4 Å². The van der Waals surface area contributed by atoms with Gasteiger partial charge in [-0.2, -0.15) is 0 Å². The smallest absolute Gasteiger partial charge is 0.123 e. The zero-order valence-corrected chi connectivity index (χ0v) is 52.7. The third kappa shape index (κ3) is 9.89. The first-order chi connectivity index (χ1) is 46.2. The minimum atomic E-state index is -0.789. The highest BCUT2D eigenvalue weighted by Crippen LogP contribution is 2.60. The Morgan fingerprint density at radius 1 is 0.319 bits per heavy atom. The first kappa shape index (κ1) is 58.7. The van der Waals surface area contributed by atoms with Crippen LogP contribution in [0.15, 0.2) is 291 Å². The lowest BCUT2D eigenvalue weighted by Gasteiger charge is -2.40. The molecule has 2 atom stereocenters. The van der Waals surface area contributed by atoms with Crippen molar-refractivity contribution in [2.45, 2.75) is 37.5 Å². The Morgan fingerprint density at radius 3 is 0.968 bits per heavy atom. The lowest BCUT2D eigenvalue weighted by molar-refractivity contribution is -0.133. The van der Waals surface area contributed by atoms with E-state index in [1.165, 1.54) is 0 Å². The van der Waals surface area contributed by atoms with Crippen molar-refractivity contribution in [3.63, 3.8) is 0 Å². The molecular weight excluding hydrogens is 1160 g/mol. The van der Waals surface area contributed by atoms with Crippen molar-refractivity contribution in [1.82, 2.24) is 0 Å². The maximum absolute atomic E-state index is 15.1. The number of anilines is 6. The Labute approximate surface area is 548 Å². The maximum atomic E-state index is 15.1. The SMILES string of the molecule is CCC1(COc2ccc(C3(c4ccc(F)cc4)c4ccccc4-c4ccc(N(c5ccccc5)c5ccc(-c6ccc(N(c7ccccc7)c7ccc8c(c7)C(c7ccc(F)cc7)(c7ccc(OCC9(CC)COC9)cc7)c7ccccc7-8)cc6)cc5)cc43)cc2)COC1. The van der Waals surface area contributed by atoms with E-state index in [1.54, 1.807) is 24.3 Å². The molecule has 8 heteroatoms. The largest absolute Gasteiger partial charge is 0.493 e. The lowest BCUT2D eigenvalue weighted by Crippen LogP contribution is -2.46. The van der Waals surface area contributed by atoms with Crippen LogP contribution in [0.5, 0.6) is 11.5 Å². The van der Waals surface area contributed by atoms with Crippen LogP contribution in [0.2, 0.25) is 0 Å². The average molecular weight is 1230 g/mol. The van der Waals surface area contributed by atoms with Gasteiger partial charge in [0.15, 0.2) is 0 Å². The van der Waals surface area contributed by atoms with Crippen LogP contribution in [0.25, 0.3) is 33.4 Å². The van der Waals surface area contributed by atoms with Gasteiger partial charge in [0.25, 0.3) is 0 Å². The van der Waals surface area contributed by atoms with Gasteiger partial charge in [-0.15, -0.1) is 0 Å². The minimum absolute atomic E-state index is 0.0399. The fraction of sp³-hybridized carbons (Fsp3) is 0.163. The molecule has 2 saturated heterocycles. The molecule has 462 valence electrons. The molecule has 0 radical (unpaired) electrons. The molecule has 2 aliphatic carbocycles. The van der Waals surface area contributed by atoms with Gasteiger partial charge in [-0.3, -0.25) is 0 Å². The van der Waals surface area contributed by atoms with Crippen LogP contribution in [-0.2, 0) is 20.3 Å². The summed E-state index contributed by atoms with van der Waals surface area (Å²) in [5.74, 6) is 1.05. The van der Waals surface area contributed by atoms with Crippen molar-refractivity contribution in [3.05, 3.63) is 347 Å². The third-order valence-electron chi connectivity index (χ3n) is 20.5. The maximum Gasteiger partial charge on any atom is 0.123 e. The van der Waals surface area contributed by atoms with Crippen molar-refractivity contribution in [2.24, 2.45) is 10.8 Å². The van der Waals surface area contributed by atoms with Gasteiger partial charge in [0.2, 0.25) is 0 Å². The normalized spacial score (nSPS) is 17.5. The molecule has 0 N–H and O–H groups in total. The fourth-order valence-electron chi connectivity index (χ4n) is 15.1. The van der Waals surface area contributed by atoms with Gasteiger partial charge in [0.1, 0.15) is 23.1 Å². The summed E-state index contributed by atoms with van der Waals surface area (Å²) >= 11 is 0. The molecule has 94 heavy (non-hydrogen) atoms. The van der Waals surface area contributed by atoms with Crippen molar-refractivity contribution in [2.75, 3.05) is 49.4 Å². The van der Waals surface area contributed by atoms with Crippen LogP contribution in [-0.4, -0.2) is 39.6 Å². The molecule has 16 rings (SSSR count). The quantitative estimate of drug-likeness (QED) is 0.0804. The van der Waals surface area contributed by atoms with Gasteiger partial charge in [0, 0.05) is 34.1 Å². The molecule has 0 bridgehead atoms. The van der Waals surface area contributed by atoms with Crippen LogP contribution in [0, 0.1) is 22.5 Å². The molecule has 2 unspecified atom stereocenters. The minimum Gasteiger partial charge on any atom is -0.493 e. The molecular formula is C86H70F2N2O4. The van der Waals surface area contributed by atoms with E-state index in [-0.39, 0.29) is 22.5 Å². The summed E-state index contributed by atoms with van der Waals surface area (Å²) in [5, 5.41) is 0. The predicted octanol–water partition coefficient (Wildman–Crippen LogP) is 20.9. The summed E-state index contributed by atoms with van der Waals surface area (Å²) in [7, 11) is 0. The monoisotopic (exact) mass is 1230 g/mol. The second-order valence-electron chi connectivity index (χ2n) is 25.8. The predicted molar refractivity (Wildman–Crippen MR) is 374 cm³/mol. The molecule has 0 spiro atoms. The number of hydrogen-bond acceptors (Lipinski definition) is 6. The average Bonchev–Trinajstić information content (AvgIpc) is 1.53. The number of para-hydroxylation sites is 2. The molecule has 6 nitrogen and oxygen atoms in total. The molecule has 2 fully saturated rings. The van der Waals surface area contributed by atoms with Crippen molar-refractivity contribution < 1.29 is 27.7 Å². The van der Waals surface area contributed by atoms with E-state index < -0.39 is 10.8 Å². The van der Waals surface area contributed by atoms with E-state index in [1.807, 2.05) is 24.3 Å². The Kier molecular flexibility index (Phi) is 14.9. The van der Waals surface area contributed by atoms with Gasteiger partial charge < -0.3 is 28.7 Å². The van der Waals surface area contributed by atoms with Crippen LogP contribution in [0.4, 0.5) is 42.9 Å². The summed E-state index contributed by atoms with van der Waals surface area (Å²) < 4.78 is 54.3. The second-order valence-corrected chi connectivity index (χ2v) is 25.8. The fourth-order valence-corrected chi connectivity index (χ4v) is 15.1. The van der Waals surface area contributed by atoms with E-state index in [0.717, 1.165) is 136 Å². The highest BCUT2D eigenvalue weighted by molar-refractivity contribution is 5.92. The molecule has 2 aliphatic heterocycles. The Morgan fingerprint density at radius 2 is 0.628 bits per heavy atom. The molecule has 2 heterocycles. The number of ether oxygens (including phenoxy) is 4. The molecule has 0 saturated carbocycles. The number of hydrogen-bond donors (Lipinski definition) is 0. The summed E-state index contributed by atoms with van der Waals surface area (Å²) in [6.07, 6.45) is 1.99. The van der Waals surface area contributed by atoms with Gasteiger partial charge in [-0.1, -0.05) is 184 Å². The van der Waals surface area contributed by atoms with E-state index in [2.05, 4.69) is 266 Å². The van der Waals surface area contributed by atoms with Gasteiger partial charge in [-0.25, -0.2) is 8.78 Å². The summed E-state index contributed by atoms with van der Waals surface area (Å²) in [6.45, 7) is 8.43. The van der Waals surface area contributed by atoms with Crippen molar-refractivity contribution >= 4 is 34.1 Å². The van der Waals surface area contributed by atoms with Crippen molar-refractivity contribution in [1.29, 1.82) is 0 Å². The zero-order chi connectivity index (χ0) is 63.4. The number of rotatable bonds is 19. The Bertz CT molecular complexity index is 4400. The van der Waals surface area contributed by atoms with Crippen LogP contribution >= 0.6 is 0 Å². The van der Waals surface area contributed by atoms with Crippen LogP contribution < -0.4 is 19.3 Å². The van der Waals surface area contributed by atoms with E-state index in [9.17, 15) is 0 Å². The number of fused-ring (bicyclic) bond motifs is 6. The van der Waals surface area contributed by atoms with E-state index >= 15 is 8.78 Å². The lowest BCUT2D eigenvalue weighted by atomic mass is 9.67. The van der Waals surface area contributed by atoms with Gasteiger partial charge in [-0.05, 0) is 212 Å². The van der Waals surface area contributed by atoms with E-state index in [4.69, 9.17) is 18.9 Å². The Hall–Kier alpha value is -10.4. The van der Waals surface area contributed by atoms with Crippen LogP contribution in [0.1, 0.15) is 71.2 Å². The molecule has 4 aliphatic rings. The van der Waals surface area contributed by atoms with E-state index in [0.29, 0.717) is 39.6 Å². The standard InChI is InChI=1S/C86H70F2N2O4/c1-3-83(53-91-54-83)57-93-73-45-31-63(32-46-73)85(61-27-35-65(87)36-28-61)79-21-13-11-19-75(79)77-49-43-71(51-81(77)85)89(67-15-7-5-8-16-67)69-39-23-59(24-40-69)60-25-41-70(42-26-60)90(68-17-9-6-10-18-68)72-44-50-78-76-20-12-14-22-80(76)86(82(78)52-72,62-29-37-66(88)38-30-62)64-33-47-74(48-34-64)94-58-84(4-2)55-92-56-84/h5-52H,3-4,53-58H2,1-2H3. The third-order valence-corrected chi connectivity index (χ3v) is 20.5. The highest BCUT2D eigenvalue weighted by atomic mass is 19.1. The first-order valence-corrected chi connectivity index (χ1v) is 32.7. The van der Waals surface area contributed by atoms with Crippen LogP contribution in [0.3, 0.4) is 0 Å². The summed E-state index contributed by atoms with van der Waals surface area (Å²) in [4.78, 5) is 4.65. The molecule has 0 amide bonds. The number of benzene rings is 12.